The topological polar surface area (TPSA) is 99.9 Å². The van der Waals surface area contributed by atoms with E-state index in [0.29, 0.717) is 13.1 Å². The Kier molecular flexibility index (Phi) is 4.11. The second-order valence-corrected chi connectivity index (χ2v) is 5.13. The van der Waals surface area contributed by atoms with Gasteiger partial charge in [0.15, 0.2) is 0 Å². The van der Waals surface area contributed by atoms with Crippen LogP contribution in [0.5, 0.6) is 0 Å². The van der Waals surface area contributed by atoms with E-state index in [1.807, 2.05) is 30.5 Å². The maximum Gasteiger partial charge on any atom is 0.269 e. The number of benzene rings is 2. The van der Waals surface area contributed by atoms with Gasteiger partial charge >= 0.3 is 0 Å². The van der Waals surface area contributed by atoms with E-state index in [1.165, 1.54) is 12.1 Å². The van der Waals surface area contributed by atoms with Crippen molar-refractivity contribution in [3.8, 4) is 11.3 Å². The first-order valence-electron chi connectivity index (χ1n) is 7.08. The Morgan fingerprint density at radius 3 is 2.30 bits per heavy atom. The highest BCUT2D eigenvalue weighted by molar-refractivity contribution is 5.58. The van der Waals surface area contributed by atoms with Crippen molar-refractivity contribution in [2.45, 2.75) is 13.1 Å². The van der Waals surface area contributed by atoms with E-state index in [4.69, 9.17) is 5.73 Å². The molecule has 0 bridgehead atoms. The van der Waals surface area contributed by atoms with Gasteiger partial charge in [0.05, 0.1) is 17.7 Å². The van der Waals surface area contributed by atoms with Gasteiger partial charge < -0.3 is 5.73 Å². The van der Waals surface area contributed by atoms with E-state index in [-0.39, 0.29) is 5.69 Å². The van der Waals surface area contributed by atoms with Gasteiger partial charge in [-0.3, -0.25) is 10.1 Å². The average Bonchev–Trinajstić information content (AvgIpc) is 3.04. The molecule has 3 rings (SSSR count). The molecular formula is C16H15N5O2. The normalized spacial score (nSPS) is 10.7. The first-order valence-corrected chi connectivity index (χ1v) is 7.08. The third kappa shape index (κ3) is 3.41. The second-order valence-electron chi connectivity index (χ2n) is 5.13. The molecule has 2 N–H and O–H groups in total. The van der Waals surface area contributed by atoms with Crippen molar-refractivity contribution >= 4 is 5.69 Å². The lowest BCUT2D eigenvalue weighted by Gasteiger charge is -2.00. The highest BCUT2D eigenvalue weighted by Gasteiger charge is 2.07. The van der Waals surface area contributed by atoms with Gasteiger partial charge in [-0.15, -0.1) is 5.10 Å². The molecule has 3 aromatic rings. The predicted octanol–water partition coefficient (Wildman–Crippen LogP) is 2.36. The Bertz CT molecular complexity index is 809. The van der Waals surface area contributed by atoms with Crippen LogP contribution in [0.4, 0.5) is 5.69 Å². The number of non-ortho nitro benzene ring substituents is 1. The molecule has 0 aliphatic carbocycles. The molecule has 0 aliphatic heterocycles. The largest absolute Gasteiger partial charge is 0.326 e. The molecule has 0 saturated carbocycles. The van der Waals surface area contributed by atoms with Crippen LogP contribution in [-0.4, -0.2) is 19.9 Å². The summed E-state index contributed by atoms with van der Waals surface area (Å²) in [6, 6.07) is 14.3. The van der Waals surface area contributed by atoms with E-state index in [1.54, 1.807) is 16.8 Å². The maximum absolute atomic E-state index is 10.6. The molecule has 1 heterocycles. The SMILES string of the molecule is NCc1ccc(-c2cn(Cc3ccc([N+](=O)[O-])cc3)nn2)cc1. The van der Waals surface area contributed by atoms with Gasteiger partial charge in [0, 0.05) is 24.2 Å². The summed E-state index contributed by atoms with van der Waals surface area (Å²) in [5, 5.41) is 18.9. The van der Waals surface area contributed by atoms with Crippen molar-refractivity contribution in [3.63, 3.8) is 0 Å². The second kappa shape index (κ2) is 6.37. The summed E-state index contributed by atoms with van der Waals surface area (Å²) < 4.78 is 1.70. The van der Waals surface area contributed by atoms with Crippen LogP contribution in [0.3, 0.4) is 0 Å². The monoisotopic (exact) mass is 309 g/mol. The number of hydrogen-bond acceptors (Lipinski definition) is 5. The van der Waals surface area contributed by atoms with Crippen LogP contribution < -0.4 is 5.73 Å². The molecule has 0 spiro atoms. The molecule has 1 aromatic heterocycles. The van der Waals surface area contributed by atoms with Crippen molar-refractivity contribution in [2.75, 3.05) is 0 Å². The van der Waals surface area contributed by atoms with Gasteiger partial charge in [-0.2, -0.15) is 0 Å². The van der Waals surface area contributed by atoms with Gasteiger partial charge in [-0.1, -0.05) is 41.6 Å². The Labute approximate surface area is 132 Å². The van der Waals surface area contributed by atoms with E-state index >= 15 is 0 Å². The third-order valence-corrected chi connectivity index (χ3v) is 3.52. The van der Waals surface area contributed by atoms with E-state index in [2.05, 4.69) is 10.3 Å². The summed E-state index contributed by atoms with van der Waals surface area (Å²) in [7, 11) is 0. The Balaban J connectivity index is 1.74. The van der Waals surface area contributed by atoms with Crippen molar-refractivity contribution < 1.29 is 4.92 Å². The molecule has 0 amide bonds. The standard InChI is InChI=1S/C16H15N5O2/c17-9-12-1-5-14(6-2-12)16-11-20(19-18-16)10-13-3-7-15(8-4-13)21(22)23/h1-8,11H,9-10,17H2. The Morgan fingerprint density at radius 2 is 1.70 bits per heavy atom. The van der Waals surface area contributed by atoms with Gasteiger partial charge in [0.1, 0.15) is 5.69 Å². The van der Waals surface area contributed by atoms with Crippen LogP contribution in [0.2, 0.25) is 0 Å². The van der Waals surface area contributed by atoms with Crippen molar-refractivity contribution in [2.24, 2.45) is 5.73 Å². The summed E-state index contributed by atoms with van der Waals surface area (Å²) in [6.45, 7) is 1.01. The maximum atomic E-state index is 10.6. The number of nitrogens with zero attached hydrogens (tertiary/aromatic N) is 4. The van der Waals surface area contributed by atoms with Crippen LogP contribution in [0.25, 0.3) is 11.3 Å². The number of rotatable bonds is 5. The quantitative estimate of drug-likeness (QED) is 0.576. The smallest absolute Gasteiger partial charge is 0.269 e. The minimum Gasteiger partial charge on any atom is -0.326 e. The summed E-state index contributed by atoms with van der Waals surface area (Å²) in [5.41, 5.74) is 9.39. The zero-order valence-corrected chi connectivity index (χ0v) is 12.3. The fraction of sp³-hybridized carbons (Fsp3) is 0.125. The average molecular weight is 309 g/mol. The van der Waals surface area contributed by atoms with Crippen LogP contribution in [0.15, 0.2) is 54.7 Å². The molecule has 7 nitrogen and oxygen atoms in total. The first kappa shape index (κ1) is 14.9. The lowest BCUT2D eigenvalue weighted by atomic mass is 10.1. The molecule has 0 unspecified atom stereocenters. The van der Waals surface area contributed by atoms with E-state index in [0.717, 1.165) is 22.4 Å². The van der Waals surface area contributed by atoms with E-state index < -0.39 is 4.92 Å². The molecule has 0 atom stereocenters. The van der Waals surface area contributed by atoms with Crippen LogP contribution in [-0.2, 0) is 13.1 Å². The van der Waals surface area contributed by atoms with Crippen molar-refractivity contribution in [3.05, 3.63) is 76.0 Å². The molecule has 0 fully saturated rings. The highest BCUT2D eigenvalue weighted by Crippen LogP contribution is 2.18. The molecule has 2 aromatic carbocycles. The van der Waals surface area contributed by atoms with Gasteiger partial charge in [-0.25, -0.2) is 4.68 Å². The van der Waals surface area contributed by atoms with Crippen LogP contribution >= 0.6 is 0 Å². The number of aromatic nitrogens is 3. The summed E-state index contributed by atoms with van der Waals surface area (Å²) >= 11 is 0. The summed E-state index contributed by atoms with van der Waals surface area (Å²) in [4.78, 5) is 10.2. The molecule has 7 heteroatoms. The van der Waals surface area contributed by atoms with E-state index in [9.17, 15) is 10.1 Å². The van der Waals surface area contributed by atoms with Crippen LogP contribution in [0.1, 0.15) is 11.1 Å². The minimum atomic E-state index is -0.414. The fourth-order valence-corrected chi connectivity index (χ4v) is 2.23. The fourth-order valence-electron chi connectivity index (χ4n) is 2.23. The minimum absolute atomic E-state index is 0.0769. The first-order chi connectivity index (χ1) is 11.2. The van der Waals surface area contributed by atoms with Crippen molar-refractivity contribution in [1.82, 2.24) is 15.0 Å². The number of nitro groups is 1. The molecule has 0 radical (unpaired) electrons. The van der Waals surface area contributed by atoms with Gasteiger partial charge in [0.2, 0.25) is 0 Å². The van der Waals surface area contributed by atoms with Gasteiger partial charge in [0.25, 0.3) is 5.69 Å². The molecule has 0 saturated heterocycles. The van der Waals surface area contributed by atoms with Crippen molar-refractivity contribution in [1.29, 1.82) is 0 Å². The Morgan fingerprint density at radius 1 is 1.04 bits per heavy atom. The van der Waals surface area contributed by atoms with Gasteiger partial charge in [-0.05, 0) is 11.1 Å². The number of nitrogens with two attached hydrogens (primary N) is 1. The molecule has 116 valence electrons. The number of hydrogen-bond donors (Lipinski definition) is 1. The lowest BCUT2D eigenvalue weighted by Crippen LogP contribution is -2.00. The van der Waals surface area contributed by atoms with Crippen LogP contribution in [0, 0.1) is 10.1 Å². The highest BCUT2D eigenvalue weighted by atomic mass is 16.6. The zero-order chi connectivity index (χ0) is 16.2. The Hall–Kier alpha value is -3.06. The molecular weight excluding hydrogens is 294 g/mol. The third-order valence-electron chi connectivity index (χ3n) is 3.52. The predicted molar refractivity (Wildman–Crippen MR) is 85.5 cm³/mol. The zero-order valence-electron chi connectivity index (χ0n) is 12.3. The number of nitro benzene ring substituents is 1. The summed E-state index contributed by atoms with van der Waals surface area (Å²) in [5.74, 6) is 0. The molecule has 23 heavy (non-hydrogen) atoms. The lowest BCUT2D eigenvalue weighted by molar-refractivity contribution is -0.384. The molecule has 0 aliphatic rings. The summed E-state index contributed by atoms with van der Waals surface area (Å²) in [6.07, 6.45) is 1.85.